The third-order valence-electron chi connectivity index (χ3n) is 2.41. The van der Waals surface area contributed by atoms with Crippen molar-refractivity contribution in [2.45, 2.75) is 13.8 Å². The minimum Gasteiger partial charge on any atom is -0.477 e. The van der Waals surface area contributed by atoms with Crippen molar-refractivity contribution in [3.63, 3.8) is 0 Å². The molecule has 0 aromatic carbocycles. The molecule has 1 N–H and O–H groups in total. The van der Waals surface area contributed by atoms with Crippen molar-refractivity contribution in [1.29, 1.82) is 0 Å². The van der Waals surface area contributed by atoms with Crippen molar-refractivity contribution in [2.75, 3.05) is 0 Å². The summed E-state index contributed by atoms with van der Waals surface area (Å²) in [6.45, 7) is 3.62. The van der Waals surface area contributed by atoms with Crippen molar-refractivity contribution in [1.82, 2.24) is 14.8 Å². The van der Waals surface area contributed by atoms with Crippen LogP contribution >= 0.6 is 11.6 Å². The summed E-state index contributed by atoms with van der Waals surface area (Å²) in [6.07, 6.45) is 1.43. The average molecular weight is 252 g/mol. The van der Waals surface area contributed by atoms with Crippen molar-refractivity contribution in [2.24, 2.45) is 0 Å². The molecule has 2 heterocycles. The third-order valence-corrected chi connectivity index (χ3v) is 2.96. The standard InChI is InChI=1S/C11H10ClN3O2/c1-6-10(12)7(2)15(14-6)8-3-4-13-9(5-8)11(16)17/h3-5H,1-2H3,(H,16,17). The van der Waals surface area contributed by atoms with Gasteiger partial charge in [-0.1, -0.05) is 11.6 Å². The summed E-state index contributed by atoms with van der Waals surface area (Å²) in [5, 5.41) is 13.7. The maximum absolute atomic E-state index is 10.8. The molecule has 2 aromatic rings. The van der Waals surface area contributed by atoms with Crippen LogP contribution in [0.2, 0.25) is 5.02 Å². The van der Waals surface area contributed by atoms with E-state index in [1.54, 1.807) is 17.7 Å². The van der Waals surface area contributed by atoms with Crippen LogP contribution in [0.5, 0.6) is 0 Å². The summed E-state index contributed by atoms with van der Waals surface area (Å²) in [5.74, 6) is -1.07. The predicted molar refractivity (Wildman–Crippen MR) is 62.8 cm³/mol. The van der Waals surface area contributed by atoms with Gasteiger partial charge in [0, 0.05) is 6.20 Å². The maximum Gasteiger partial charge on any atom is 0.354 e. The number of aromatic carboxylic acids is 1. The fourth-order valence-corrected chi connectivity index (χ4v) is 1.66. The van der Waals surface area contributed by atoms with Crippen LogP contribution in [0, 0.1) is 13.8 Å². The van der Waals surface area contributed by atoms with Gasteiger partial charge in [-0.3, -0.25) is 0 Å². The van der Waals surface area contributed by atoms with Crippen molar-refractivity contribution >= 4 is 17.6 Å². The summed E-state index contributed by atoms with van der Waals surface area (Å²) in [5.41, 5.74) is 2.08. The number of hydrogen-bond donors (Lipinski definition) is 1. The average Bonchev–Trinajstić information content (AvgIpc) is 2.57. The highest BCUT2D eigenvalue weighted by Crippen LogP contribution is 2.22. The molecule has 2 rings (SSSR count). The Morgan fingerprint density at radius 3 is 2.71 bits per heavy atom. The highest BCUT2D eigenvalue weighted by atomic mass is 35.5. The van der Waals surface area contributed by atoms with Crippen molar-refractivity contribution in [3.05, 3.63) is 40.4 Å². The van der Waals surface area contributed by atoms with Gasteiger partial charge in [-0.15, -0.1) is 0 Å². The molecule has 0 aliphatic heterocycles. The van der Waals surface area contributed by atoms with Crippen LogP contribution in [0.3, 0.4) is 0 Å². The van der Waals surface area contributed by atoms with Crippen LogP contribution in [0.15, 0.2) is 18.3 Å². The lowest BCUT2D eigenvalue weighted by Gasteiger charge is -2.04. The fourth-order valence-electron chi connectivity index (χ4n) is 1.54. The predicted octanol–water partition coefficient (Wildman–Crippen LogP) is 2.24. The van der Waals surface area contributed by atoms with E-state index in [-0.39, 0.29) is 5.69 Å². The van der Waals surface area contributed by atoms with E-state index in [4.69, 9.17) is 16.7 Å². The molecule has 17 heavy (non-hydrogen) atoms. The molecule has 2 aromatic heterocycles. The van der Waals surface area contributed by atoms with Gasteiger partial charge in [0.15, 0.2) is 0 Å². The largest absolute Gasteiger partial charge is 0.477 e. The second-order valence-electron chi connectivity index (χ2n) is 3.60. The zero-order chi connectivity index (χ0) is 12.6. The number of carboxylic acid groups (broad SMARTS) is 1. The first-order valence-electron chi connectivity index (χ1n) is 4.92. The maximum atomic E-state index is 10.8. The molecule has 0 atom stereocenters. The Kier molecular flexibility index (Phi) is 2.85. The first kappa shape index (κ1) is 11.6. The first-order chi connectivity index (χ1) is 8.00. The molecule has 0 radical (unpaired) electrons. The quantitative estimate of drug-likeness (QED) is 0.889. The van der Waals surface area contributed by atoms with Crippen LogP contribution in [0.1, 0.15) is 21.9 Å². The Bertz CT molecular complexity index is 592. The van der Waals surface area contributed by atoms with Crippen molar-refractivity contribution < 1.29 is 9.90 Å². The number of nitrogens with zero attached hydrogens (tertiary/aromatic N) is 3. The Labute approximate surface area is 103 Å². The van der Waals surface area contributed by atoms with E-state index in [0.29, 0.717) is 16.4 Å². The highest BCUT2D eigenvalue weighted by Gasteiger charge is 2.12. The molecule has 0 fully saturated rings. The van der Waals surface area contributed by atoms with Crippen LogP contribution < -0.4 is 0 Å². The molecule has 5 nitrogen and oxygen atoms in total. The second kappa shape index (κ2) is 4.18. The number of rotatable bonds is 2. The smallest absolute Gasteiger partial charge is 0.354 e. The molecule has 0 saturated heterocycles. The number of carboxylic acids is 1. The number of halogens is 1. The van der Waals surface area contributed by atoms with Crippen LogP contribution in [-0.2, 0) is 0 Å². The molecule has 0 aliphatic carbocycles. The molecule has 0 bridgehead atoms. The lowest BCUT2D eigenvalue weighted by atomic mass is 10.3. The minimum atomic E-state index is -1.07. The lowest BCUT2D eigenvalue weighted by molar-refractivity contribution is 0.0690. The van der Waals surface area contributed by atoms with E-state index < -0.39 is 5.97 Å². The summed E-state index contributed by atoms with van der Waals surface area (Å²) in [6, 6.07) is 3.14. The van der Waals surface area contributed by atoms with E-state index in [1.165, 1.54) is 12.3 Å². The van der Waals surface area contributed by atoms with Gasteiger partial charge >= 0.3 is 5.97 Å². The number of carbonyl (C=O) groups is 1. The van der Waals surface area contributed by atoms with Crippen LogP contribution in [0.25, 0.3) is 5.69 Å². The van der Waals surface area contributed by atoms with Crippen LogP contribution in [0.4, 0.5) is 0 Å². The summed E-state index contributed by atoms with van der Waals surface area (Å²) in [7, 11) is 0. The number of hydrogen-bond acceptors (Lipinski definition) is 3. The normalized spacial score (nSPS) is 10.5. The zero-order valence-corrected chi connectivity index (χ0v) is 10.1. The number of aryl methyl sites for hydroxylation is 1. The van der Waals surface area contributed by atoms with Gasteiger partial charge in [-0.25, -0.2) is 14.5 Å². The molecule has 0 aliphatic rings. The molecule has 0 unspecified atom stereocenters. The van der Waals surface area contributed by atoms with Gasteiger partial charge in [0.25, 0.3) is 0 Å². The zero-order valence-electron chi connectivity index (χ0n) is 9.31. The summed E-state index contributed by atoms with van der Waals surface area (Å²) < 4.78 is 1.60. The number of pyridine rings is 1. The molecule has 0 saturated carbocycles. The van der Waals surface area contributed by atoms with E-state index in [1.807, 2.05) is 6.92 Å². The summed E-state index contributed by atoms with van der Waals surface area (Å²) >= 11 is 6.04. The topological polar surface area (TPSA) is 68.0 Å². The summed E-state index contributed by atoms with van der Waals surface area (Å²) in [4.78, 5) is 14.6. The molecule has 0 amide bonds. The van der Waals surface area contributed by atoms with Gasteiger partial charge in [-0.2, -0.15) is 5.10 Å². The third kappa shape index (κ3) is 2.01. The van der Waals surface area contributed by atoms with Gasteiger partial charge in [-0.05, 0) is 26.0 Å². The first-order valence-corrected chi connectivity index (χ1v) is 5.30. The SMILES string of the molecule is Cc1nn(-c2ccnc(C(=O)O)c2)c(C)c1Cl. The Morgan fingerprint density at radius 2 is 2.18 bits per heavy atom. The molecular weight excluding hydrogens is 242 g/mol. The molecule has 0 spiro atoms. The second-order valence-corrected chi connectivity index (χ2v) is 3.98. The lowest BCUT2D eigenvalue weighted by Crippen LogP contribution is -2.04. The van der Waals surface area contributed by atoms with Gasteiger partial charge < -0.3 is 5.11 Å². The number of aromatic nitrogens is 3. The Hall–Kier alpha value is -1.88. The highest BCUT2D eigenvalue weighted by molar-refractivity contribution is 6.31. The van der Waals surface area contributed by atoms with E-state index in [9.17, 15) is 4.79 Å². The molecule has 88 valence electrons. The molecule has 6 heteroatoms. The molecular formula is C11H10ClN3O2. The van der Waals surface area contributed by atoms with Crippen LogP contribution in [-0.4, -0.2) is 25.8 Å². The van der Waals surface area contributed by atoms with E-state index >= 15 is 0 Å². The minimum absolute atomic E-state index is 0.0221. The van der Waals surface area contributed by atoms with Gasteiger partial charge in [0.05, 0.1) is 22.1 Å². The monoisotopic (exact) mass is 251 g/mol. The Balaban J connectivity index is 2.56. The fraction of sp³-hybridized carbons (Fsp3) is 0.182. The van der Waals surface area contributed by atoms with E-state index in [0.717, 1.165) is 5.69 Å². The van der Waals surface area contributed by atoms with Crippen molar-refractivity contribution in [3.8, 4) is 5.69 Å². The van der Waals surface area contributed by atoms with E-state index in [2.05, 4.69) is 10.1 Å². The Morgan fingerprint density at radius 1 is 1.47 bits per heavy atom. The van der Waals surface area contributed by atoms with Gasteiger partial charge in [0.1, 0.15) is 5.69 Å². The van der Waals surface area contributed by atoms with Gasteiger partial charge in [0.2, 0.25) is 0 Å².